The highest BCUT2D eigenvalue weighted by molar-refractivity contribution is 5.71. The normalized spacial score (nSPS) is 11.9. The van der Waals surface area contributed by atoms with Crippen molar-refractivity contribution in [2.24, 2.45) is 4.99 Å². The van der Waals surface area contributed by atoms with E-state index in [1.54, 1.807) is 6.21 Å². The predicted octanol–water partition coefficient (Wildman–Crippen LogP) is 3.58. The van der Waals surface area contributed by atoms with Gasteiger partial charge in [0.15, 0.2) is 0 Å². The molecule has 0 aromatic rings. The quantitative estimate of drug-likeness (QED) is 0.538. The zero-order valence-corrected chi connectivity index (χ0v) is 8.26. The van der Waals surface area contributed by atoms with Gasteiger partial charge in [-0.05, 0) is 26.8 Å². The molecule has 0 rings (SSSR count). The summed E-state index contributed by atoms with van der Waals surface area (Å²) in [6.45, 7) is 9.92. The molecular weight excluding hydrogens is 134 g/mol. The van der Waals surface area contributed by atoms with Crippen LogP contribution in [0.15, 0.2) is 28.9 Å². The fourth-order valence-electron chi connectivity index (χ4n) is 0.321. The summed E-state index contributed by atoms with van der Waals surface area (Å²) in [7, 11) is 0. The van der Waals surface area contributed by atoms with Gasteiger partial charge in [-0.3, -0.25) is 4.99 Å². The summed E-state index contributed by atoms with van der Waals surface area (Å²) in [6.07, 6.45) is 7.62. The highest BCUT2D eigenvalue weighted by atomic mass is 14.7. The fourth-order valence-corrected chi connectivity index (χ4v) is 0.321. The standard InChI is InChI=1S/C8H13N.C2H6/c1-4-6-7-9-8(3)5-2;1-2/h4-7H,1-3H3;1-2H3/b6-4-,8-5-,9-7-;. The molecule has 0 unspecified atom stereocenters. The maximum atomic E-state index is 4.08. The van der Waals surface area contributed by atoms with Crippen LogP contribution >= 0.6 is 0 Å². The molecule has 0 N–H and O–H groups in total. The third-order valence-electron chi connectivity index (χ3n) is 0.974. The van der Waals surface area contributed by atoms with Gasteiger partial charge in [-0.1, -0.05) is 26.0 Å². The van der Waals surface area contributed by atoms with E-state index >= 15 is 0 Å². The molecule has 1 heteroatoms. The Labute approximate surface area is 70.5 Å². The summed E-state index contributed by atoms with van der Waals surface area (Å²) in [6, 6.07) is 0. The first kappa shape index (κ1) is 12.8. The first-order valence-corrected chi connectivity index (χ1v) is 4.09. The number of nitrogens with zero attached hydrogens (tertiary/aromatic N) is 1. The summed E-state index contributed by atoms with van der Waals surface area (Å²) in [5.74, 6) is 0. The second kappa shape index (κ2) is 11.9. The van der Waals surface area contributed by atoms with Crippen molar-refractivity contribution in [3.8, 4) is 0 Å². The molecule has 11 heavy (non-hydrogen) atoms. The Bertz CT molecular complexity index is 141. The molecule has 0 aliphatic heterocycles. The number of rotatable bonds is 2. The van der Waals surface area contributed by atoms with Gasteiger partial charge in [-0.15, -0.1) is 0 Å². The smallest absolute Gasteiger partial charge is 0.0330 e. The molecule has 0 aliphatic rings. The van der Waals surface area contributed by atoms with Crippen molar-refractivity contribution in [3.63, 3.8) is 0 Å². The minimum absolute atomic E-state index is 1.05. The highest BCUT2D eigenvalue weighted by Crippen LogP contribution is 1.90. The molecule has 0 atom stereocenters. The molecule has 0 fully saturated rings. The van der Waals surface area contributed by atoms with E-state index in [0.717, 1.165) is 5.70 Å². The molecule has 0 saturated carbocycles. The highest BCUT2D eigenvalue weighted by Gasteiger charge is 1.72. The van der Waals surface area contributed by atoms with E-state index in [9.17, 15) is 0 Å². The first-order chi connectivity index (χ1) is 5.31. The van der Waals surface area contributed by atoms with Gasteiger partial charge >= 0.3 is 0 Å². The van der Waals surface area contributed by atoms with E-state index in [4.69, 9.17) is 0 Å². The fraction of sp³-hybridized carbons (Fsp3) is 0.500. The molecule has 0 spiro atoms. The van der Waals surface area contributed by atoms with Crippen LogP contribution in [-0.4, -0.2) is 6.21 Å². The molecule has 0 heterocycles. The zero-order chi connectivity index (χ0) is 9.11. The average Bonchev–Trinajstić information content (AvgIpc) is 2.08. The zero-order valence-electron chi connectivity index (χ0n) is 8.26. The van der Waals surface area contributed by atoms with Crippen LogP contribution in [-0.2, 0) is 0 Å². The third-order valence-corrected chi connectivity index (χ3v) is 0.974. The lowest BCUT2D eigenvalue weighted by atomic mass is 10.5. The number of aliphatic imine (C=N–C) groups is 1. The Balaban J connectivity index is 0. The van der Waals surface area contributed by atoms with Gasteiger partial charge in [-0.2, -0.15) is 0 Å². The monoisotopic (exact) mass is 153 g/mol. The second-order valence-electron chi connectivity index (χ2n) is 1.73. The molecule has 0 radical (unpaired) electrons. The van der Waals surface area contributed by atoms with Crippen molar-refractivity contribution in [1.82, 2.24) is 0 Å². The molecular formula is C10H19N. The summed E-state index contributed by atoms with van der Waals surface area (Å²) < 4.78 is 0. The van der Waals surface area contributed by atoms with Crippen LogP contribution in [0.25, 0.3) is 0 Å². The molecule has 0 saturated heterocycles. The maximum Gasteiger partial charge on any atom is 0.0330 e. The van der Waals surface area contributed by atoms with Crippen LogP contribution in [0.2, 0.25) is 0 Å². The summed E-state index contributed by atoms with van der Waals surface area (Å²) in [4.78, 5) is 4.08. The van der Waals surface area contributed by atoms with Gasteiger partial charge in [0.05, 0.1) is 0 Å². The molecule has 0 aromatic carbocycles. The number of allylic oxidation sites excluding steroid dienone is 4. The van der Waals surface area contributed by atoms with Crippen molar-refractivity contribution in [1.29, 1.82) is 0 Å². The van der Waals surface area contributed by atoms with Crippen LogP contribution in [0.5, 0.6) is 0 Å². The third kappa shape index (κ3) is 12.4. The summed E-state index contributed by atoms with van der Waals surface area (Å²) >= 11 is 0. The van der Waals surface area contributed by atoms with Crippen molar-refractivity contribution in [2.45, 2.75) is 34.6 Å². The molecule has 0 aromatic heterocycles. The molecule has 64 valence electrons. The first-order valence-electron chi connectivity index (χ1n) is 4.09. The van der Waals surface area contributed by atoms with E-state index in [2.05, 4.69) is 4.99 Å². The van der Waals surface area contributed by atoms with Crippen LogP contribution in [0, 0.1) is 0 Å². The van der Waals surface area contributed by atoms with Crippen molar-refractivity contribution in [2.75, 3.05) is 0 Å². The molecule has 1 nitrogen and oxygen atoms in total. The minimum atomic E-state index is 1.05. The van der Waals surface area contributed by atoms with Crippen molar-refractivity contribution < 1.29 is 0 Å². The molecule has 0 bridgehead atoms. The second-order valence-corrected chi connectivity index (χ2v) is 1.73. The van der Waals surface area contributed by atoms with Gasteiger partial charge < -0.3 is 0 Å². The number of hydrogen-bond acceptors (Lipinski definition) is 1. The average molecular weight is 153 g/mol. The SMILES string of the molecule is CC.C\C=C/C=N\C(C)=C/C. The van der Waals surface area contributed by atoms with Gasteiger partial charge in [0.2, 0.25) is 0 Å². The van der Waals surface area contributed by atoms with E-state index < -0.39 is 0 Å². The van der Waals surface area contributed by atoms with Crippen LogP contribution in [0.4, 0.5) is 0 Å². The van der Waals surface area contributed by atoms with Gasteiger partial charge in [-0.25, -0.2) is 0 Å². The van der Waals surface area contributed by atoms with E-state index in [-0.39, 0.29) is 0 Å². The van der Waals surface area contributed by atoms with Gasteiger partial charge in [0, 0.05) is 11.9 Å². The Morgan fingerprint density at radius 3 is 2.09 bits per heavy atom. The van der Waals surface area contributed by atoms with Crippen molar-refractivity contribution >= 4 is 6.21 Å². The van der Waals surface area contributed by atoms with E-state index in [1.807, 2.05) is 52.8 Å². The molecule has 0 aliphatic carbocycles. The Morgan fingerprint density at radius 2 is 1.73 bits per heavy atom. The minimum Gasteiger partial charge on any atom is -0.262 e. The molecule has 0 amide bonds. The summed E-state index contributed by atoms with van der Waals surface area (Å²) in [5, 5.41) is 0. The Kier molecular flexibility index (Phi) is 13.8. The van der Waals surface area contributed by atoms with Gasteiger partial charge in [0.1, 0.15) is 0 Å². The topological polar surface area (TPSA) is 12.4 Å². The van der Waals surface area contributed by atoms with E-state index in [1.165, 1.54) is 0 Å². The summed E-state index contributed by atoms with van der Waals surface area (Å²) in [5.41, 5.74) is 1.05. The van der Waals surface area contributed by atoms with Crippen LogP contribution in [0.3, 0.4) is 0 Å². The Morgan fingerprint density at radius 1 is 1.18 bits per heavy atom. The Hall–Kier alpha value is -0.850. The van der Waals surface area contributed by atoms with Crippen LogP contribution < -0.4 is 0 Å². The largest absolute Gasteiger partial charge is 0.262 e. The maximum absolute atomic E-state index is 4.08. The predicted molar refractivity (Wildman–Crippen MR) is 54.1 cm³/mol. The van der Waals surface area contributed by atoms with Gasteiger partial charge in [0.25, 0.3) is 0 Å². The number of hydrogen-bond donors (Lipinski definition) is 0. The lowest BCUT2D eigenvalue weighted by Gasteiger charge is -1.83. The lowest BCUT2D eigenvalue weighted by Crippen LogP contribution is -1.67. The van der Waals surface area contributed by atoms with Crippen molar-refractivity contribution in [3.05, 3.63) is 23.9 Å². The lowest BCUT2D eigenvalue weighted by molar-refractivity contribution is 1.30. The van der Waals surface area contributed by atoms with Crippen LogP contribution in [0.1, 0.15) is 34.6 Å². The van der Waals surface area contributed by atoms with E-state index in [0.29, 0.717) is 0 Å².